The van der Waals surface area contributed by atoms with Crippen LogP contribution in [0.15, 0.2) is 0 Å². The summed E-state index contributed by atoms with van der Waals surface area (Å²) < 4.78 is 0. The van der Waals surface area contributed by atoms with Gasteiger partial charge in [-0.1, -0.05) is 6.92 Å². The fraction of sp³-hybridized carbons (Fsp3) is 0.625. The molecule has 1 atom stereocenters. The summed E-state index contributed by atoms with van der Waals surface area (Å²) in [5, 5.41) is 25.6. The number of carboxylic acids is 2. The minimum absolute atomic E-state index is 0.400. The minimum atomic E-state index is -1.14. The Morgan fingerprint density at radius 2 is 1.79 bits per heavy atom. The van der Waals surface area contributed by atoms with Crippen LogP contribution >= 0.6 is 0 Å². The van der Waals surface area contributed by atoms with Crippen molar-refractivity contribution >= 4 is 11.9 Å². The molecule has 6 nitrogen and oxygen atoms in total. The lowest BCUT2D eigenvalue weighted by Crippen LogP contribution is -2.41. The molecule has 6 heteroatoms. The van der Waals surface area contributed by atoms with Gasteiger partial charge < -0.3 is 10.2 Å². The maximum Gasteiger partial charge on any atom is 0.317 e. The summed E-state index contributed by atoms with van der Waals surface area (Å²) in [6.07, 6.45) is 0.400. The van der Waals surface area contributed by atoms with Gasteiger partial charge in [0.15, 0.2) is 0 Å². The topological polar surface area (TPSA) is 102 Å². The first-order chi connectivity index (χ1) is 6.51. The molecule has 14 heavy (non-hydrogen) atoms. The summed E-state index contributed by atoms with van der Waals surface area (Å²) in [5.74, 6) is -2.28. The normalized spacial score (nSPS) is 12.1. The lowest BCUT2D eigenvalue weighted by atomic mass is 10.2. The molecule has 0 fully saturated rings. The molecule has 0 aromatic carbocycles. The Balaban J connectivity index is 4.45. The summed E-state index contributed by atoms with van der Waals surface area (Å²) in [7, 11) is 0. The number of carbonyl (C=O) groups is 2. The molecule has 0 aliphatic heterocycles. The second-order valence-electron chi connectivity index (χ2n) is 2.75. The van der Waals surface area contributed by atoms with Crippen molar-refractivity contribution in [3.8, 4) is 6.07 Å². The van der Waals surface area contributed by atoms with Crippen molar-refractivity contribution in [2.24, 2.45) is 0 Å². The zero-order valence-corrected chi connectivity index (χ0v) is 7.80. The van der Waals surface area contributed by atoms with Crippen LogP contribution in [0.1, 0.15) is 13.3 Å². The first-order valence-corrected chi connectivity index (χ1v) is 4.08. The summed E-state index contributed by atoms with van der Waals surface area (Å²) in [6.45, 7) is 0.835. The molecule has 0 radical (unpaired) electrons. The zero-order valence-electron chi connectivity index (χ0n) is 7.80. The second kappa shape index (κ2) is 5.94. The molecule has 0 bridgehead atoms. The Morgan fingerprint density at radius 3 is 2.00 bits per heavy atom. The minimum Gasteiger partial charge on any atom is -0.480 e. The lowest BCUT2D eigenvalue weighted by Gasteiger charge is -2.21. The molecular formula is C8H12N2O4. The number of rotatable bonds is 6. The van der Waals surface area contributed by atoms with E-state index in [1.54, 1.807) is 6.92 Å². The highest BCUT2D eigenvalue weighted by Crippen LogP contribution is 2.02. The number of nitriles is 1. The molecule has 2 N–H and O–H groups in total. The Kier molecular flexibility index (Phi) is 5.26. The zero-order chi connectivity index (χ0) is 11.1. The molecule has 0 aliphatic carbocycles. The van der Waals surface area contributed by atoms with Crippen LogP contribution in [0.5, 0.6) is 0 Å². The molecule has 1 unspecified atom stereocenters. The highest BCUT2D eigenvalue weighted by atomic mass is 16.4. The van der Waals surface area contributed by atoms with Gasteiger partial charge in [0.05, 0.1) is 25.2 Å². The van der Waals surface area contributed by atoms with Crippen LogP contribution in [-0.2, 0) is 9.59 Å². The molecule has 78 valence electrons. The highest BCUT2D eigenvalue weighted by Gasteiger charge is 2.21. The van der Waals surface area contributed by atoms with Gasteiger partial charge in [-0.05, 0) is 6.42 Å². The van der Waals surface area contributed by atoms with Gasteiger partial charge in [0, 0.05) is 0 Å². The average Bonchev–Trinajstić information content (AvgIpc) is 2.03. The first kappa shape index (κ1) is 12.4. The van der Waals surface area contributed by atoms with Crippen molar-refractivity contribution in [3.05, 3.63) is 0 Å². The van der Waals surface area contributed by atoms with E-state index in [9.17, 15) is 9.59 Å². The third-order valence-corrected chi connectivity index (χ3v) is 1.65. The van der Waals surface area contributed by atoms with Gasteiger partial charge in [-0.15, -0.1) is 0 Å². The van der Waals surface area contributed by atoms with Gasteiger partial charge in [0.25, 0.3) is 0 Å². The van der Waals surface area contributed by atoms with Crippen LogP contribution in [0.3, 0.4) is 0 Å². The van der Waals surface area contributed by atoms with Crippen molar-refractivity contribution < 1.29 is 19.8 Å². The summed E-state index contributed by atoms with van der Waals surface area (Å²) >= 11 is 0. The number of aliphatic carboxylic acids is 2. The van der Waals surface area contributed by atoms with Gasteiger partial charge in [-0.2, -0.15) is 5.26 Å². The predicted octanol–water partition coefficient (Wildman–Crippen LogP) is -0.240. The largest absolute Gasteiger partial charge is 0.480 e. The molecule has 0 amide bonds. The second-order valence-corrected chi connectivity index (χ2v) is 2.75. The quantitative estimate of drug-likeness (QED) is 0.613. The standard InChI is InChI=1S/C8H12N2O4/c1-2-6(3-9)10(4-7(11)12)5-8(13)14/h6H,2,4-5H2,1H3,(H,11,12)(H,13,14). The van der Waals surface area contributed by atoms with Gasteiger partial charge in [0.1, 0.15) is 0 Å². The molecule has 0 aromatic heterocycles. The maximum absolute atomic E-state index is 10.4. The van der Waals surface area contributed by atoms with Gasteiger partial charge in [-0.25, -0.2) is 0 Å². The van der Waals surface area contributed by atoms with Crippen LogP contribution in [0.4, 0.5) is 0 Å². The molecule has 0 saturated carbocycles. The number of carboxylic acid groups (broad SMARTS) is 2. The van der Waals surface area contributed by atoms with Gasteiger partial charge >= 0.3 is 11.9 Å². The van der Waals surface area contributed by atoms with E-state index in [2.05, 4.69) is 0 Å². The van der Waals surface area contributed by atoms with Crippen molar-refractivity contribution in [3.63, 3.8) is 0 Å². The van der Waals surface area contributed by atoms with E-state index >= 15 is 0 Å². The molecule has 0 saturated heterocycles. The van der Waals surface area contributed by atoms with Crippen molar-refractivity contribution in [2.75, 3.05) is 13.1 Å². The van der Waals surface area contributed by atoms with Crippen LogP contribution in [-0.4, -0.2) is 46.2 Å². The Hall–Kier alpha value is -1.61. The van der Waals surface area contributed by atoms with Crippen LogP contribution in [0.25, 0.3) is 0 Å². The molecule has 0 spiro atoms. The fourth-order valence-corrected chi connectivity index (χ4v) is 1.05. The van der Waals surface area contributed by atoms with Crippen LogP contribution in [0.2, 0.25) is 0 Å². The van der Waals surface area contributed by atoms with Crippen LogP contribution < -0.4 is 0 Å². The van der Waals surface area contributed by atoms with Gasteiger partial charge in [-0.3, -0.25) is 14.5 Å². The fourth-order valence-electron chi connectivity index (χ4n) is 1.05. The maximum atomic E-state index is 10.4. The van der Waals surface area contributed by atoms with E-state index in [4.69, 9.17) is 15.5 Å². The Morgan fingerprint density at radius 1 is 1.36 bits per heavy atom. The molecule has 0 rings (SSSR count). The Labute approximate surface area is 81.4 Å². The average molecular weight is 200 g/mol. The molecule has 0 aromatic rings. The lowest BCUT2D eigenvalue weighted by molar-refractivity contribution is -0.142. The molecular weight excluding hydrogens is 188 g/mol. The number of hydrogen-bond acceptors (Lipinski definition) is 4. The summed E-state index contributed by atoms with van der Waals surface area (Å²) in [4.78, 5) is 21.9. The number of hydrogen-bond donors (Lipinski definition) is 2. The van der Waals surface area contributed by atoms with E-state index in [0.29, 0.717) is 6.42 Å². The van der Waals surface area contributed by atoms with E-state index < -0.39 is 31.1 Å². The summed E-state index contributed by atoms with van der Waals surface area (Å²) in [5.41, 5.74) is 0. The number of nitrogens with zero attached hydrogens (tertiary/aromatic N) is 2. The predicted molar refractivity (Wildman–Crippen MR) is 46.5 cm³/mol. The van der Waals surface area contributed by atoms with Crippen molar-refractivity contribution in [2.45, 2.75) is 19.4 Å². The third-order valence-electron chi connectivity index (χ3n) is 1.65. The highest BCUT2D eigenvalue weighted by molar-refractivity contribution is 5.72. The van der Waals surface area contributed by atoms with E-state index in [1.807, 2.05) is 6.07 Å². The van der Waals surface area contributed by atoms with E-state index in [-0.39, 0.29) is 0 Å². The monoisotopic (exact) mass is 200 g/mol. The van der Waals surface area contributed by atoms with Gasteiger partial charge in [0.2, 0.25) is 0 Å². The first-order valence-electron chi connectivity index (χ1n) is 4.08. The van der Waals surface area contributed by atoms with Crippen molar-refractivity contribution in [1.29, 1.82) is 5.26 Å². The summed E-state index contributed by atoms with van der Waals surface area (Å²) in [6, 6.07) is 1.20. The van der Waals surface area contributed by atoms with Crippen molar-refractivity contribution in [1.82, 2.24) is 4.90 Å². The SMILES string of the molecule is CCC(C#N)N(CC(=O)O)CC(=O)O. The van der Waals surface area contributed by atoms with Crippen LogP contribution in [0, 0.1) is 11.3 Å². The van der Waals surface area contributed by atoms with E-state index in [0.717, 1.165) is 4.90 Å². The third kappa shape index (κ3) is 4.42. The molecule has 0 aliphatic rings. The molecule has 0 heterocycles. The smallest absolute Gasteiger partial charge is 0.317 e. The van der Waals surface area contributed by atoms with E-state index in [1.165, 1.54) is 0 Å². The Bertz CT molecular complexity index is 243.